The summed E-state index contributed by atoms with van der Waals surface area (Å²) in [7, 11) is 7.62. The number of aliphatic imine (C=N–C) groups is 1. The highest BCUT2D eigenvalue weighted by atomic mass is 16.1. The van der Waals surface area contributed by atoms with Crippen LogP contribution in [0.15, 0.2) is 60.0 Å². The second kappa shape index (κ2) is 16.4. The molecule has 0 saturated heterocycles. The molecule has 0 heterocycles. The average Bonchev–Trinajstić information content (AvgIpc) is 2.66. The van der Waals surface area contributed by atoms with Crippen molar-refractivity contribution in [3.05, 3.63) is 60.6 Å². The molecule has 1 aromatic carbocycles. The SMILES string of the molecule is C=C(C)C=N/C=C/C(=O)Nc1ccc(C(C)C)cc1N(C)C.C=C(N)N(C)C.CC=N. The Morgan fingerprint density at radius 1 is 1.23 bits per heavy atom. The van der Waals surface area contributed by atoms with Crippen molar-refractivity contribution in [3.8, 4) is 0 Å². The molecule has 1 amide bonds. The lowest BCUT2D eigenvalue weighted by Gasteiger charge is -2.19. The van der Waals surface area contributed by atoms with E-state index in [1.807, 2.05) is 52.1 Å². The minimum absolute atomic E-state index is 0.209. The van der Waals surface area contributed by atoms with Crippen LogP contribution in [0.5, 0.6) is 0 Å². The quantitative estimate of drug-likeness (QED) is 0.436. The van der Waals surface area contributed by atoms with Crippen molar-refractivity contribution in [2.24, 2.45) is 10.7 Å². The lowest BCUT2D eigenvalue weighted by molar-refractivity contribution is -0.111. The lowest BCUT2D eigenvalue weighted by Crippen LogP contribution is -2.16. The molecule has 1 rings (SSSR count). The molecule has 0 aromatic heterocycles. The number of hydrogen-bond acceptors (Lipinski definition) is 6. The first kappa shape index (κ1) is 29.8. The number of anilines is 2. The largest absolute Gasteiger partial charge is 0.386 e. The highest BCUT2D eigenvalue weighted by Crippen LogP contribution is 2.28. The third-order valence-electron chi connectivity index (χ3n) is 3.61. The summed E-state index contributed by atoms with van der Waals surface area (Å²) in [4.78, 5) is 19.6. The molecule has 4 N–H and O–H groups in total. The van der Waals surface area contributed by atoms with Gasteiger partial charge in [-0.3, -0.25) is 9.79 Å². The minimum atomic E-state index is -0.209. The molecule has 0 saturated carbocycles. The van der Waals surface area contributed by atoms with E-state index in [0.29, 0.717) is 11.7 Å². The van der Waals surface area contributed by atoms with Gasteiger partial charge in [0.2, 0.25) is 5.91 Å². The van der Waals surface area contributed by atoms with Crippen molar-refractivity contribution >= 4 is 29.7 Å². The number of rotatable bonds is 7. The monoisotopic (exact) mass is 428 g/mol. The molecule has 0 unspecified atom stereocenters. The van der Waals surface area contributed by atoms with Crippen molar-refractivity contribution in [2.45, 2.75) is 33.6 Å². The number of allylic oxidation sites excluding steroid dienone is 1. The van der Waals surface area contributed by atoms with E-state index in [1.165, 1.54) is 24.1 Å². The molecule has 31 heavy (non-hydrogen) atoms. The maximum absolute atomic E-state index is 11.9. The molecule has 0 bridgehead atoms. The molecule has 0 fully saturated rings. The van der Waals surface area contributed by atoms with Crippen molar-refractivity contribution < 1.29 is 4.79 Å². The molecule has 7 heteroatoms. The van der Waals surface area contributed by atoms with Gasteiger partial charge in [-0.05, 0) is 49.2 Å². The second-order valence-corrected chi connectivity index (χ2v) is 7.43. The van der Waals surface area contributed by atoms with Gasteiger partial charge in [0.15, 0.2) is 0 Å². The fourth-order valence-electron chi connectivity index (χ4n) is 1.84. The summed E-state index contributed by atoms with van der Waals surface area (Å²) in [5.74, 6) is 0.828. The zero-order chi connectivity index (χ0) is 24.6. The first-order valence-corrected chi connectivity index (χ1v) is 9.91. The Kier molecular flexibility index (Phi) is 15.8. The standard InChI is InChI=1S/C18H25N3O.C4H10N2.C2H5N/c1-13(2)12-19-10-9-18(22)20-16-8-7-15(14(3)4)11-17(16)21(5)6;1-4(5)6(2)3;1-2-3/h7-12,14H,1H2,2-6H3,(H,20,22);1,5H2,2-3H3;2-3H,1H3/b10-9+,19-12?;;. The van der Waals surface area contributed by atoms with E-state index in [0.717, 1.165) is 16.9 Å². The van der Waals surface area contributed by atoms with E-state index in [9.17, 15) is 4.79 Å². The molecule has 172 valence electrons. The van der Waals surface area contributed by atoms with Gasteiger partial charge in [0, 0.05) is 46.7 Å². The minimum Gasteiger partial charge on any atom is -0.386 e. The number of benzene rings is 1. The third-order valence-corrected chi connectivity index (χ3v) is 3.61. The van der Waals surface area contributed by atoms with Gasteiger partial charge in [0.25, 0.3) is 0 Å². The highest BCUT2D eigenvalue weighted by Gasteiger charge is 2.09. The first-order valence-electron chi connectivity index (χ1n) is 9.91. The summed E-state index contributed by atoms with van der Waals surface area (Å²) in [5.41, 5.74) is 9.01. The number of carbonyl (C=O) groups is 1. The topological polar surface area (TPSA) is 97.8 Å². The van der Waals surface area contributed by atoms with Crippen LogP contribution in [0.1, 0.15) is 39.2 Å². The van der Waals surface area contributed by atoms with Gasteiger partial charge in [0.1, 0.15) is 0 Å². The fraction of sp³-hybridized carbons (Fsp3) is 0.375. The van der Waals surface area contributed by atoms with Crippen molar-refractivity contribution in [1.29, 1.82) is 5.41 Å². The van der Waals surface area contributed by atoms with Crippen LogP contribution < -0.4 is 16.0 Å². The predicted octanol–water partition coefficient (Wildman–Crippen LogP) is 4.61. The Morgan fingerprint density at radius 3 is 2.13 bits per heavy atom. The average molecular weight is 429 g/mol. The number of amides is 1. The van der Waals surface area contributed by atoms with E-state index in [2.05, 4.69) is 43.4 Å². The van der Waals surface area contributed by atoms with Crippen LogP contribution in [0.3, 0.4) is 0 Å². The van der Waals surface area contributed by atoms with Gasteiger partial charge in [-0.1, -0.05) is 33.1 Å². The summed E-state index contributed by atoms with van der Waals surface area (Å²) in [6.07, 6.45) is 5.71. The molecular formula is C24H40N6O. The maximum atomic E-state index is 11.9. The van der Waals surface area contributed by atoms with Crippen molar-refractivity contribution in [1.82, 2.24) is 4.90 Å². The number of carbonyl (C=O) groups excluding carboxylic acids is 1. The van der Waals surface area contributed by atoms with Crippen LogP contribution in [0.4, 0.5) is 11.4 Å². The number of nitrogens with zero attached hydrogens (tertiary/aromatic N) is 3. The Morgan fingerprint density at radius 2 is 1.74 bits per heavy atom. The maximum Gasteiger partial charge on any atom is 0.249 e. The predicted molar refractivity (Wildman–Crippen MR) is 137 cm³/mol. The molecule has 0 atom stereocenters. The Hall–Kier alpha value is -3.35. The van der Waals surface area contributed by atoms with Crippen molar-refractivity contribution in [2.75, 3.05) is 38.4 Å². The first-order chi connectivity index (χ1) is 14.4. The van der Waals surface area contributed by atoms with Gasteiger partial charge in [0.05, 0.1) is 17.2 Å². The molecule has 0 aliphatic rings. The fourth-order valence-corrected chi connectivity index (χ4v) is 1.84. The van der Waals surface area contributed by atoms with E-state index in [-0.39, 0.29) is 5.91 Å². The number of nitrogens with one attached hydrogen (secondary N) is 2. The van der Waals surface area contributed by atoms with Gasteiger partial charge < -0.3 is 26.3 Å². The summed E-state index contributed by atoms with van der Waals surface area (Å²) in [6.45, 7) is 15.0. The summed E-state index contributed by atoms with van der Waals surface area (Å²) in [5, 5.41) is 8.97. The van der Waals surface area contributed by atoms with Gasteiger partial charge >= 0.3 is 0 Å². The molecule has 7 nitrogen and oxygen atoms in total. The van der Waals surface area contributed by atoms with Crippen LogP contribution >= 0.6 is 0 Å². The zero-order valence-corrected chi connectivity index (χ0v) is 20.4. The molecule has 0 aliphatic heterocycles. The number of nitrogens with two attached hydrogens (primary N) is 1. The second-order valence-electron chi connectivity index (χ2n) is 7.43. The van der Waals surface area contributed by atoms with E-state index in [4.69, 9.17) is 11.1 Å². The smallest absolute Gasteiger partial charge is 0.249 e. The number of hydrogen-bond donors (Lipinski definition) is 3. The Bertz CT molecular complexity index is 776. The zero-order valence-electron chi connectivity index (χ0n) is 20.4. The summed E-state index contributed by atoms with van der Waals surface area (Å²) in [6, 6.07) is 6.08. The van der Waals surface area contributed by atoms with Gasteiger partial charge in [-0.2, -0.15) is 0 Å². The normalized spacial score (nSPS) is 9.97. The van der Waals surface area contributed by atoms with Crippen LogP contribution in [0.2, 0.25) is 0 Å². The van der Waals surface area contributed by atoms with Gasteiger partial charge in [-0.15, -0.1) is 0 Å². The van der Waals surface area contributed by atoms with E-state index >= 15 is 0 Å². The molecule has 1 aromatic rings. The summed E-state index contributed by atoms with van der Waals surface area (Å²) >= 11 is 0. The molecule has 0 aliphatic carbocycles. The third kappa shape index (κ3) is 15.2. The highest BCUT2D eigenvalue weighted by molar-refractivity contribution is 6.01. The molecular weight excluding hydrogens is 388 g/mol. The Labute approximate surface area is 188 Å². The van der Waals surface area contributed by atoms with Crippen molar-refractivity contribution in [3.63, 3.8) is 0 Å². The molecule has 0 radical (unpaired) electrons. The lowest BCUT2D eigenvalue weighted by atomic mass is 10.0. The Balaban J connectivity index is 0. The van der Waals surface area contributed by atoms with E-state index < -0.39 is 0 Å². The van der Waals surface area contributed by atoms with Gasteiger partial charge in [-0.25, -0.2) is 0 Å². The van der Waals surface area contributed by atoms with Crippen LogP contribution in [0, 0.1) is 5.41 Å². The van der Waals surface area contributed by atoms with Crippen LogP contribution in [-0.2, 0) is 4.79 Å². The van der Waals surface area contributed by atoms with E-state index in [1.54, 1.807) is 18.0 Å². The molecule has 0 spiro atoms. The van der Waals surface area contributed by atoms with Crippen LogP contribution in [-0.4, -0.2) is 51.4 Å². The summed E-state index contributed by atoms with van der Waals surface area (Å²) < 4.78 is 0. The van der Waals surface area contributed by atoms with Crippen LogP contribution in [0.25, 0.3) is 0 Å².